The highest BCUT2D eigenvalue weighted by atomic mass is 32.2. The Bertz CT molecular complexity index is 1030. The fraction of sp³-hybridized carbons (Fsp3) is 0.381. The smallest absolute Gasteiger partial charge is 0.317 e. The second-order valence-electron chi connectivity index (χ2n) is 7.57. The number of nitrogens with one attached hydrogen (secondary N) is 1. The quantitative estimate of drug-likeness (QED) is 0.752. The van der Waals surface area contributed by atoms with Crippen LogP contribution in [-0.4, -0.2) is 69.2 Å². The molecule has 0 radical (unpaired) electrons. The minimum Gasteiger partial charge on any atom is -0.497 e. The third-order valence-electron chi connectivity index (χ3n) is 5.37. The van der Waals surface area contributed by atoms with Crippen molar-refractivity contribution in [3.05, 3.63) is 59.9 Å². The van der Waals surface area contributed by atoms with Crippen LogP contribution in [0.2, 0.25) is 0 Å². The van der Waals surface area contributed by atoms with E-state index >= 15 is 0 Å². The number of ether oxygens (including phenoxy) is 2. The van der Waals surface area contributed by atoms with Gasteiger partial charge in [-0.1, -0.05) is 18.2 Å². The van der Waals surface area contributed by atoms with Gasteiger partial charge in [0, 0.05) is 19.6 Å². The van der Waals surface area contributed by atoms with E-state index in [1.807, 2.05) is 24.3 Å². The third-order valence-corrected chi connectivity index (χ3v) is 7.20. The third kappa shape index (κ3) is 4.81. The minimum absolute atomic E-state index is 0.0819. The van der Waals surface area contributed by atoms with E-state index in [9.17, 15) is 17.6 Å². The molecule has 4 rings (SSSR count). The fourth-order valence-electron chi connectivity index (χ4n) is 3.83. The Kier molecular flexibility index (Phi) is 6.12. The molecule has 2 saturated heterocycles. The Morgan fingerprint density at radius 3 is 2.42 bits per heavy atom. The first-order valence-corrected chi connectivity index (χ1v) is 11.4. The number of sulfonamides is 1. The lowest BCUT2D eigenvalue weighted by atomic mass is 10.1. The van der Waals surface area contributed by atoms with Crippen LogP contribution in [0.1, 0.15) is 5.56 Å². The van der Waals surface area contributed by atoms with Crippen LogP contribution in [0.3, 0.4) is 0 Å². The number of morpholine rings is 2. The van der Waals surface area contributed by atoms with E-state index in [1.54, 1.807) is 12.0 Å². The SMILES string of the molecule is COc1ccc(CNC(=O)N2CC3CN(S(=O)(=O)c4cccc(F)c4)CC(C2)O3)cc1. The Morgan fingerprint density at radius 2 is 1.81 bits per heavy atom. The van der Waals surface area contributed by atoms with E-state index in [0.29, 0.717) is 6.54 Å². The Morgan fingerprint density at radius 1 is 1.13 bits per heavy atom. The van der Waals surface area contributed by atoms with Crippen LogP contribution in [0.25, 0.3) is 0 Å². The zero-order chi connectivity index (χ0) is 22.0. The van der Waals surface area contributed by atoms with Gasteiger partial charge in [-0.25, -0.2) is 17.6 Å². The van der Waals surface area contributed by atoms with Crippen LogP contribution >= 0.6 is 0 Å². The number of rotatable bonds is 5. The van der Waals surface area contributed by atoms with E-state index in [-0.39, 0.29) is 37.1 Å². The van der Waals surface area contributed by atoms with Crippen molar-refractivity contribution >= 4 is 16.1 Å². The maximum Gasteiger partial charge on any atom is 0.317 e. The van der Waals surface area contributed by atoms with Crippen molar-refractivity contribution in [1.82, 2.24) is 14.5 Å². The van der Waals surface area contributed by atoms with E-state index in [4.69, 9.17) is 9.47 Å². The summed E-state index contributed by atoms with van der Waals surface area (Å²) in [6.45, 7) is 1.14. The number of methoxy groups -OCH3 is 1. The number of hydrogen-bond donors (Lipinski definition) is 1. The van der Waals surface area contributed by atoms with Crippen molar-refractivity contribution in [3.8, 4) is 5.75 Å². The summed E-state index contributed by atoms with van der Waals surface area (Å²) in [5, 5.41) is 2.89. The van der Waals surface area contributed by atoms with Crippen LogP contribution < -0.4 is 10.1 Å². The van der Waals surface area contributed by atoms with Crippen molar-refractivity contribution in [2.75, 3.05) is 33.3 Å². The number of fused-ring (bicyclic) bond motifs is 2. The maximum absolute atomic E-state index is 13.5. The molecule has 0 aromatic heterocycles. The molecular weight excluding hydrogens is 425 g/mol. The van der Waals surface area contributed by atoms with Crippen molar-refractivity contribution < 1.29 is 27.1 Å². The molecule has 166 valence electrons. The van der Waals surface area contributed by atoms with Crippen molar-refractivity contribution in [3.63, 3.8) is 0 Å². The van der Waals surface area contributed by atoms with Gasteiger partial charge in [-0.15, -0.1) is 0 Å². The number of urea groups is 1. The van der Waals surface area contributed by atoms with E-state index in [2.05, 4.69) is 5.32 Å². The molecule has 2 aliphatic heterocycles. The minimum atomic E-state index is -3.83. The van der Waals surface area contributed by atoms with Crippen molar-refractivity contribution in [2.45, 2.75) is 23.6 Å². The zero-order valence-electron chi connectivity index (χ0n) is 17.0. The molecule has 2 aromatic carbocycles. The molecule has 10 heteroatoms. The predicted octanol–water partition coefficient (Wildman–Crippen LogP) is 1.82. The second kappa shape index (κ2) is 8.81. The molecule has 2 amide bonds. The molecule has 2 bridgehead atoms. The number of hydrogen-bond acceptors (Lipinski definition) is 5. The van der Waals surface area contributed by atoms with Crippen molar-refractivity contribution in [2.24, 2.45) is 0 Å². The molecule has 31 heavy (non-hydrogen) atoms. The number of nitrogens with zero attached hydrogens (tertiary/aromatic N) is 2. The first-order chi connectivity index (χ1) is 14.8. The van der Waals surface area contributed by atoms with Gasteiger partial charge in [0.2, 0.25) is 10.0 Å². The Balaban J connectivity index is 1.36. The highest BCUT2D eigenvalue weighted by Gasteiger charge is 2.41. The molecular formula is C21H24FN3O5S. The van der Waals surface area contributed by atoms with Gasteiger partial charge in [0.25, 0.3) is 0 Å². The largest absolute Gasteiger partial charge is 0.497 e. The van der Waals surface area contributed by atoms with E-state index in [0.717, 1.165) is 17.4 Å². The van der Waals surface area contributed by atoms with Gasteiger partial charge in [0.05, 0.1) is 37.3 Å². The lowest BCUT2D eigenvalue weighted by Crippen LogP contribution is -2.62. The summed E-state index contributed by atoms with van der Waals surface area (Å²) >= 11 is 0. The molecule has 0 aliphatic carbocycles. The van der Waals surface area contributed by atoms with Gasteiger partial charge in [-0.2, -0.15) is 4.31 Å². The highest BCUT2D eigenvalue weighted by Crippen LogP contribution is 2.25. The lowest BCUT2D eigenvalue weighted by Gasteiger charge is -2.45. The second-order valence-corrected chi connectivity index (χ2v) is 9.51. The van der Waals surface area contributed by atoms with Gasteiger partial charge in [-0.05, 0) is 35.9 Å². The summed E-state index contributed by atoms with van der Waals surface area (Å²) in [4.78, 5) is 14.2. The van der Waals surface area contributed by atoms with Crippen LogP contribution in [-0.2, 0) is 21.3 Å². The summed E-state index contributed by atoms with van der Waals surface area (Å²) in [7, 11) is -2.24. The zero-order valence-corrected chi connectivity index (χ0v) is 17.8. The predicted molar refractivity (Wildman–Crippen MR) is 111 cm³/mol. The Hall–Kier alpha value is -2.69. The van der Waals surface area contributed by atoms with Crippen LogP contribution in [0.4, 0.5) is 9.18 Å². The molecule has 2 fully saturated rings. The summed E-state index contributed by atoms with van der Waals surface area (Å²) in [5.41, 5.74) is 0.940. The first-order valence-electron chi connectivity index (χ1n) is 9.92. The molecule has 2 heterocycles. The normalized spacial score (nSPS) is 21.5. The van der Waals surface area contributed by atoms with E-state index < -0.39 is 28.0 Å². The Labute approximate surface area is 180 Å². The summed E-state index contributed by atoms with van der Waals surface area (Å²) in [6.07, 6.45) is -0.884. The van der Waals surface area contributed by atoms with Crippen molar-refractivity contribution in [1.29, 1.82) is 0 Å². The highest BCUT2D eigenvalue weighted by molar-refractivity contribution is 7.89. The first kappa shape index (κ1) is 21.5. The van der Waals surface area contributed by atoms with Gasteiger partial charge in [0.1, 0.15) is 11.6 Å². The number of benzene rings is 2. The summed E-state index contributed by atoms with van der Waals surface area (Å²) in [5.74, 6) is 0.142. The van der Waals surface area contributed by atoms with E-state index in [1.165, 1.54) is 22.5 Å². The van der Waals surface area contributed by atoms with Crippen LogP contribution in [0.15, 0.2) is 53.4 Å². The van der Waals surface area contributed by atoms with Gasteiger partial charge in [-0.3, -0.25) is 0 Å². The molecule has 2 unspecified atom stereocenters. The monoisotopic (exact) mass is 449 g/mol. The molecule has 2 aliphatic rings. The number of halogens is 1. The van der Waals surface area contributed by atoms with Gasteiger partial charge in [0.15, 0.2) is 0 Å². The molecule has 2 atom stereocenters. The number of amides is 2. The summed E-state index contributed by atoms with van der Waals surface area (Å²) < 4.78 is 51.6. The topological polar surface area (TPSA) is 88.2 Å². The number of carbonyl (C=O) groups is 1. The number of carbonyl (C=O) groups excluding carboxylic acids is 1. The van der Waals surface area contributed by atoms with Gasteiger partial charge >= 0.3 is 6.03 Å². The molecule has 8 nitrogen and oxygen atoms in total. The van der Waals surface area contributed by atoms with Gasteiger partial charge < -0.3 is 19.7 Å². The standard InChI is InChI=1S/C21H24FN3O5S/c1-29-17-7-5-15(6-8-17)10-23-21(26)24-11-18-13-25(14-19(12-24)30-18)31(27,28)20-4-2-3-16(22)9-20/h2-9,18-19H,10-14H2,1H3,(H,23,26). The lowest BCUT2D eigenvalue weighted by molar-refractivity contribution is -0.111. The summed E-state index contributed by atoms with van der Waals surface area (Å²) in [6, 6.07) is 12.2. The fourth-order valence-corrected chi connectivity index (χ4v) is 5.36. The average molecular weight is 450 g/mol. The average Bonchev–Trinajstić information content (AvgIpc) is 2.77. The molecule has 1 N–H and O–H groups in total. The maximum atomic E-state index is 13.5. The van der Waals surface area contributed by atoms with Crippen LogP contribution in [0.5, 0.6) is 5.75 Å². The molecule has 2 aromatic rings. The molecule has 0 spiro atoms. The van der Waals surface area contributed by atoms with Crippen LogP contribution in [0, 0.1) is 5.82 Å². The molecule has 0 saturated carbocycles.